The fourth-order valence-corrected chi connectivity index (χ4v) is 3.25. The van der Waals surface area contributed by atoms with E-state index in [2.05, 4.69) is 9.97 Å². The summed E-state index contributed by atoms with van der Waals surface area (Å²) in [7, 11) is 0. The molecule has 0 bridgehead atoms. The first-order chi connectivity index (χ1) is 11.0. The molecule has 2 fully saturated rings. The molecule has 1 aromatic rings. The quantitative estimate of drug-likeness (QED) is 0.644. The number of carbonyl (C=O) groups is 1. The van der Waals surface area contributed by atoms with Gasteiger partial charge in [0.15, 0.2) is 0 Å². The molecule has 9 nitrogen and oxygen atoms in total. The maximum Gasteiger partial charge on any atom is 0.329 e. The Hall–Kier alpha value is -2.45. The van der Waals surface area contributed by atoms with Crippen LogP contribution in [0.5, 0.6) is 0 Å². The molecule has 2 N–H and O–H groups in total. The Balaban J connectivity index is 1.64. The Labute approximate surface area is 133 Å². The highest BCUT2D eigenvalue weighted by Crippen LogP contribution is 2.26. The number of nitrogens with zero attached hydrogens (tertiary/aromatic N) is 5. The van der Waals surface area contributed by atoms with Crippen LogP contribution in [0.4, 0.5) is 17.5 Å². The molecule has 124 valence electrons. The monoisotopic (exact) mass is 320 g/mol. The second-order valence-corrected chi connectivity index (χ2v) is 6.11. The van der Waals surface area contributed by atoms with Crippen LogP contribution in [-0.2, 0) is 4.79 Å². The third-order valence-corrected chi connectivity index (χ3v) is 4.54. The predicted octanol–water partition coefficient (Wildman–Crippen LogP) is 0.806. The lowest BCUT2D eigenvalue weighted by Gasteiger charge is -2.35. The predicted molar refractivity (Wildman–Crippen MR) is 83.8 cm³/mol. The molecule has 1 saturated carbocycles. The molecule has 1 aromatic heterocycles. The first kappa shape index (κ1) is 15.4. The first-order valence-electron chi connectivity index (χ1n) is 7.84. The van der Waals surface area contributed by atoms with Gasteiger partial charge in [-0.1, -0.05) is 12.8 Å². The molecular weight excluding hydrogens is 300 g/mol. The largest absolute Gasteiger partial charge is 0.378 e. The molecule has 2 heterocycles. The number of anilines is 2. The second kappa shape index (κ2) is 6.35. The average Bonchev–Trinajstić information content (AvgIpc) is 3.02. The van der Waals surface area contributed by atoms with Crippen molar-refractivity contribution in [3.8, 4) is 0 Å². The number of aromatic nitrogens is 2. The Kier molecular flexibility index (Phi) is 4.26. The van der Waals surface area contributed by atoms with E-state index in [1.54, 1.807) is 4.90 Å². The van der Waals surface area contributed by atoms with Gasteiger partial charge in [0.1, 0.15) is 6.20 Å². The van der Waals surface area contributed by atoms with Crippen molar-refractivity contribution in [2.45, 2.75) is 25.7 Å². The smallest absolute Gasteiger partial charge is 0.329 e. The van der Waals surface area contributed by atoms with E-state index < -0.39 is 4.92 Å². The van der Waals surface area contributed by atoms with Gasteiger partial charge in [-0.05, 0) is 18.8 Å². The van der Waals surface area contributed by atoms with E-state index in [-0.39, 0.29) is 29.9 Å². The number of piperazine rings is 1. The molecule has 1 saturated heterocycles. The summed E-state index contributed by atoms with van der Waals surface area (Å²) >= 11 is 0. The van der Waals surface area contributed by atoms with Gasteiger partial charge in [-0.3, -0.25) is 14.9 Å². The summed E-state index contributed by atoms with van der Waals surface area (Å²) in [6.45, 7) is 2.24. The van der Waals surface area contributed by atoms with E-state index in [4.69, 9.17) is 5.73 Å². The maximum absolute atomic E-state index is 12.3. The summed E-state index contributed by atoms with van der Waals surface area (Å²) in [6.07, 6.45) is 6.02. The molecule has 23 heavy (non-hydrogen) atoms. The summed E-state index contributed by atoms with van der Waals surface area (Å²) < 4.78 is 0. The second-order valence-electron chi connectivity index (χ2n) is 6.11. The summed E-state index contributed by atoms with van der Waals surface area (Å²) in [5.74, 6) is 0.753. The van der Waals surface area contributed by atoms with Gasteiger partial charge in [-0.15, -0.1) is 0 Å². The number of nitro groups is 1. The molecule has 1 aliphatic heterocycles. The van der Waals surface area contributed by atoms with Gasteiger partial charge >= 0.3 is 5.69 Å². The first-order valence-corrected chi connectivity index (χ1v) is 7.84. The Bertz CT molecular complexity index is 617. The highest BCUT2D eigenvalue weighted by atomic mass is 16.6. The van der Waals surface area contributed by atoms with Crippen LogP contribution in [0.1, 0.15) is 25.7 Å². The summed E-state index contributed by atoms with van der Waals surface area (Å²) in [6, 6.07) is 0. The summed E-state index contributed by atoms with van der Waals surface area (Å²) in [5, 5.41) is 10.7. The summed E-state index contributed by atoms with van der Waals surface area (Å²) in [4.78, 5) is 34.0. The van der Waals surface area contributed by atoms with Crippen molar-refractivity contribution in [3.05, 3.63) is 16.3 Å². The molecule has 9 heteroatoms. The van der Waals surface area contributed by atoms with E-state index >= 15 is 0 Å². The molecule has 0 atom stereocenters. The van der Waals surface area contributed by atoms with Crippen LogP contribution >= 0.6 is 0 Å². The Morgan fingerprint density at radius 1 is 1.35 bits per heavy atom. The van der Waals surface area contributed by atoms with Gasteiger partial charge in [-0.2, -0.15) is 4.98 Å². The van der Waals surface area contributed by atoms with E-state index in [0.717, 1.165) is 12.7 Å². The number of hydrogen-bond donors (Lipinski definition) is 1. The van der Waals surface area contributed by atoms with Crippen LogP contribution in [0.3, 0.4) is 0 Å². The van der Waals surface area contributed by atoms with Crippen LogP contribution in [0.2, 0.25) is 0 Å². The van der Waals surface area contributed by atoms with Crippen LogP contribution in [-0.4, -0.2) is 51.9 Å². The van der Waals surface area contributed by atoms with Crippen LogP contribution < -0.4 is 10.6 Å². The minimum Gasteiger partial charge on any atom is -0.378 e. The maximum atomic E-state index is 12.3. The van der Waals surface area contributed by atoms with Gasteiger partial charge in [-0.25, -0.2) is 4.98 Å². The SMILES string of the molecule is Nc1nc(N2CCN(CC3CCCC3)C(=O)C2)ncc1[N+](=O)[O-]. The van der Waals surface area contributed by atoms with Crippen LogP contribution in [0.15, 0.2) is 6.20 Å². The van der Waals surface area contributed by atoms with Gasteiger partial charge in [0, 0.05) is 19.6 Å². The van der Waals surface area contributed by atoms with Crippen LogP contribution in [0.25, 0.3) is 0 Å². The molecule has 0 radical (unpaired) electrons. The third kappa shape index (κ3) is 3.33. The van der Waals surface area contributed by atoms with Crippen LogP contribution in [0, 0.1) is 16.0 Å². The Morgan fingerprint density at radius 3 is 2.70 bits per heavy atom. The zero-order valence-corrected chi connectivity index (χ0v) is 12.8. The number of hydrogen-bond acceptors (Lipinski definition) is 7. The zero-order chi connectivity index (χ0) is 16.4. The molecule has 1 aliphatic carbocycles. The summed E-state index contributed by atoms with van der Waals surface area (Å²) in [5.41, 5.74) is 5.27. The molecule has 0 spiro atoms. The topological polar surface area (TPSA) is 118 Å². The number of nitrogen functional groups attached to an aromatic ring is 1. The van der Waals surface area contributed by atoms with E-state index in [0.29, 0.717) is 19.0 Å². The zero-order valence-electron chi connectivity index (χ0n) is 12.8. The highest BCUT2D eigenvalue weighted by molar-refractivity contribution is 5.82. The van der Waals surface area contributed by atoms with Crippen molar-refractivity contribution in [1.82, 2.24) is 14.9 Å². The van der Waals surface area contributed by atoms with Gasteiger partial charge < -0.3 is 15.5 Å². The fraction of sp³-hybridized carbons (Fsp3) is 0.643. The number of nitrogens with two attached hydrogens (primary N) is 1. The van der Waals surface area contributed by atoms with Gasteiger partial charge in [0.25, 0.3) is 0 Å². The average molecular weight is 320 g/mol. The molecule has 2 aliphatic rings. The van der Waals surface area contributed by atoms with Crippen molar-refractivity contribution in [2.24, 2.45) is 5.92 Å². The van der Waals surface area contributed by atoms with Crippen molar-refractivity contribution >= 4 is 23.4 Å². The van der Waals surface area contributed by atoms with Crippen molar-refractivity contribution in [1.29, 1.82) is 0 Å². The van der Waals surface area contributed by atoms with E-state index in [9.17, 15) is 14.9 Å². The van der Waals surface area contributed by atoms with Gasteiger partial charge in [0.05, 0.1) is 11.5 Å². The Morgan fingerprint density at radius 2 is 2.09 bits per heavy atom. The van der Waals surface area contributed by atoms with E-state index in [1.165, 1.54) is 25.7 Å². The number of rotatable bonds is 4. The third-order valence-electron chi connectivity index (χ3n) is 4.54. The lowest BCUT2D eigenvalue weighted by atomic mass is 10.1. The fourth-order valence-electron chi connectivity index (χ4n) is 3.25. The number of carbonyl (C=O) groups excluding carboxylic acids is 1. The van der Waals surface area contributed by atoms with E-state index in [1.807, 2.05) is 4.90 Å². The number of amides is 1. The molecule has 1 amide bonds. The van der Waals surface area contributed by atoms with Gasteiger partial charge in [0.2, 0.25) is 17.7 Å². The lowest BCUT2D eigenvalue weighted by Crippen LogP contribution is -2.52. The minimum absolute atomic E-state index is 0.0451. The molecule has 0 unspecified atom stereocenters. The highest BCUT2D eigenvalue weighted by Gasteiger charge is 2.29. The molecular formula is C14H20N6O3. The van der Waals surface area contributed by atoms with Crippen molar-refractivity contribution < 1.29 is 9.72 Å². The normalized spacial score (nSPS) is 19.4. The standard InChI is InChI=1S/C14H20N6O3/c15-13-11(20(22)23)7-16-14(17-13)19-6-5-18(12(21)9-19)8-10-3-1-2-4-10/h7,10H,1-6,8-9H2,(H2,15,16,17). The molecule has 0 aromatic carbocycles. The van der Waals surface area contributed by atoms with Crippen molar-refractivity contribution in [3.63, 3.8) is 0 Å². The molecule has 3 rings (SSSR count). The minimum atomic E-state index is -0.621. The van der Waals surface area contributed by atoms with Crippen molar-refractivity contribution in [2.75, 3.05) is 36.8 Å². The lowest BCUT2D eigenvalue weighted by molar-refractivity contribution is -0.384.